The highest BCUT2D eigenvalue weighted by molar-refractivity contribution is 7.86. The van der Waals surface area contributed by atoms with Crippen LogP contribution >= 0.6 is 0 Å². The highest BCUT2D eigenvalue weighted by Crippen LogP contribution is 2.33. The number of nitrogens with one attached hydrogen (secondary N) is 1. The average molecular weight is 364 g/mol. The number of carbonyl (C=O) groups excluding carboxylic acids is 1. The first-order valence-electron chi connectivity index (χ1n) is 6.95. The van der Waals surface area contributed by atoms with Gasteiger partial charge in [0.05, 0.1) is 7.11 Å². The van der Waals surface area contributed by atoms with Crippen LogP contribution in [0.25, 0.3) is 0 Å². The molecule has 2 aromatic carbocycles. The molecule has 2 rings (SSSR count). The lowest BCUT2D eigenvalue weighted by atomic mass is 10.2. The molecule has 1 amide bonds. The van der Waals surface area contributed by atoms with Gasteiger partial charge in [-0.05, 0) is 30.3 Å². The Morgan fingerprint density at radius 2 is 1.80 bits per heavy atom. The van der Waals surface area contributed by atoms with E-state index >= 15 is 0 Å². The zero-order valence-corrected chi connectivity index (χ0v) is 14.2. The molecule has 0 spiro atoms. The molecule has 0 unspecified atom stereocenters. The summed E-state index contributed by atoms with van der Waals surface area (Å²) in [5.41, 5.74) is 6.42. The van der Waals surface area contributed by atoms with E-state index in [4.69, 9.17) is 10.5 Å². The van der Waals surface area contributed by atoms with E-state index in [1.165, 1.54) is 32.2 Å². The van der Waals surface area contributed by atoms with Crippen LogP contribution in [0.4, 0.5) is 22.7 Å². The van der Waals surface area contributed by atoms with Crippen molar-refractivity contribution in [2.24, 2.45) is 10.2 Å². The van der Waals surface area contributed by atoms with Crippen LogP contribution in [0.2, 0.25) is 0 Å². The molecule has 0 radical (unpaired) electrons. The van der Waals surface area contributed by atoms with Crippen LogP contribution in [0.1, 0.15) is 6.92 Å². The molecule has 0 aliphatic rings. The van der Waals surface area contributed by atoms with Gasteiger partial charge in [0.25, 0.3) is 10.1 Å². The Balaban J connectivity index is 2.42. The summed E-state index contributed by atoms with van der Waals surface area (Å²) in [5.74, 6) is 0.0787. The molecular weight excluding hydrogens is 348 g/mol. The second-order valence-electron chi connectivity index (χ2n) is 4.97. The minimum absolute atomic E-state index is 0.0790. The summed E-state index contributed by atoms with van der Waals surface area (Å²) < 4.78 is 37.3. The van der Waals surface area contributed by atoms with Crippen LogP contribution in [0, 0.1) is 0 Å². The fourth-order valence-electron chi connectivity index (χ4n) is 1.97. The summed E-state index contributed by atoms with van der Waals surface area (Å²) in [5, 5.41) is 10.4. The van der Waals surface area contributed by atoms with Crippen LogP contribution in [-0.4, -0.2) is 26.0 Å². The number of azo groups is 1. The van der Waals surface area contributed by atoms with Gasteiger partial charge in [-0.1, -0.05) is 0 Å². The Kier molecular flexibility index (Phi) is 5.35. The summed E-state index contributed by atoms with van der Waals surface area (Å²) in [6.45, 7) is 1.37. The minimum Gasteiger partial charge on any atom is -0.494 e. The minimum atomic E-state index is -4.51. The number of methoxy groups -OCH3 is 1. The quantitative estimate of drug-likeness (QED) is 0.423. The molecule has 4 N–H and O–H groups in total. The molecular formula is C15H16N4O5S. The monoisotopic (exact) mass is 364 g/mol. The maximum absolute atomic E-state index is 11.4. The second-order valence-corrected chi connectivity index (χ2v) is 6.36. The zero-order chi connectivity index (χ0) is 18.6. The standard InChI is InChI=1S/C15H16N4O5S/c1-9(20)17-11-4-6-12(14(8-11)24-2)18-19-13-5-3-10(16)7-15(13)25(21,22)23/h3-8H,16H2,1-2H3,(H,17,20)(H,21,22,23). The summed E-state index contributed by atoms with van der Waals surface area (Å²) in [6.07, 6.45) is 0. The predicted octanol–water partition coefficient (Wildman–Crippen LogP) is 2.90. The Labute approximate surface area is 144 Å². The van der Waals surface area contributed by atoms with Gasteiger partial charge in [0.15, 0.2) is 0 Å². The van der Waals surface area contributed by atoms with Crippen molar-refractivity contribution in [2.45, 2.75) is 11.8 Å². The molecule has 25 heavy (non-hydrogen) atoms. The number of rotatable bonds is 5. The molecule has 0 aliphatic heterocycles. The number of nitrogens with zero attached hydrogens (tertiary/aromatic N) is 2. The Bertz CT molecular complexity index is 941. The maximum atomic E-state index is 11.4. The molecule has 0 aromatic heterocycles. The van der Waals surface area contributed by atoms with E-state index in [0.717, 1.165) is 6.07 Å². The van der Waals surface area contributed by atoms with Crippen molar-refractivity contribution >= 4 is 38.8 Å². The van der Waals surface area contributed by atoms with Crippen LogP contribution in [0.3, 0.4) is 0 Å². The van der Waals surface area contributed by atoms with Crippen LogP contribution in [0.15, 0.2) is 51.5 Å². The smallest absolute Gasteiger partial charge is 0.296 e. The van der Waals surface area contributed by atoms with E-state index in [-0.39, 0.29) is 17.3 Å². The van der Waals surface area contributed by atoms with Gasteiger partial charge in [-0.15, -0.1) is 10.2 Å². The number of ether oxygens (including phenoxy) is 1. The van der Waals surface area contributed by atoms with E-state index < -0.39 is 15.0 Å². The van der Waals surface area contributed by atoms with E-state index in [9.17, 15) is 17.8 Å². The van der Waals surface area contributed by atoms with Crippen molar-refractivity contribution in [3.8, 4) is 5.75 Å². The fraction of sp³-hybridized carbons (Fsp3) is 0.133. The molecule has 0 bridgehead atoms. The third-order valence-electron chi connectivity index (χ3n) is 3.03. The maximum Gasteiger partial charge on any atom is 0.296 e. The molecule has 10 heteroatoms. The number of benzene rings is 2. The number of amides is 1. The van der Waals surface area contributed by atoms with E-state index in [0.29, 0.717) is 17.1 Å². The molecule has 0 aliphatic carbocycles. The van der Waals surface area contributed by atoms with Crippen molar-refractivity contribution in [1.82, 2.24) is 0 Å². The SMILES string of the molecule is COc1cc(NC(C)=O)ccc1N=Nc1ccc(N)cc1S(=O)(=O)O. The van der Waals surface area contributed by atoms with E-state index in [2.05, 4.69) is 15.5 Å². The molecule has 0 saturated carbocycles. The average Bonchev–Trinajstić information content (AvgIpc) is 2.53. The van der Waals surface area contributed by atoms with Crippen LogP contribution < -0.4 is 15.8 Å². The van der Waals surface area contributed by atoms with E-state index in [1.54, 1.807) is 12.1 Å². The number of hydrogen-bond donors (Lipinski definition) is 3. The molecule has 0 heterocycles. The van der Waals surface area contributed by atoms with Crippen molar-refractivity contribution in [3.05, 3.63) is 36.4 Å². The van der Waals surface area contributed by atoms with E-state index in [1.807, 2.05) is 0 Å². The summed E-state index contributed by atoms with van der Waals surface area (Å²) in [7, 11) is -3.09. The lowest BCUT2D eigenvalue weighted by Crippen LogP contribution is -2.05. The first-order chi connectivity index (χ1) is 11.7. The largest absolute Gasteiger partial charge is 0.494 e. The number of anilines is 2. The first kappa shape index (κ1) is 18.4. The van der Waals surface area contributed by atoms with Gasteiger partial charge in [-0.25, -0.2) is 0 Å². The Hall–Kier alpha value is -2.98. The fourth-order valence-corrected chi connectivity index (χ4v) is 2.63. The summed E-state index contributed by atoms with van der Waals surface area (Å²) in [6, 6.07) is 8.51. The number of carbonyl (C=O) groups is 1. The molecule has 2 aromatic rings. The third-order valence-corrected chi connectivity index (χ3v) is 3.91. The molecule has 0 fully saturated rings. The van der Waals surface area contributed by atoms with Gasteiger partial charge < -0.3 is 15.8 Å². The van der Waals surface area contributed by atoms with Gasteiger partial charge in [0, 0.05) is 24.4 Å². The highest BCUT2D eigenvalue weighted by atomic mass is 32.2. The van der Waals surface area contributed by atoms with Crippen LogP contribution in [0.5, 0.6) is 5.75 Å². The zero-order valence-electron chi connectivity index (χ0n) is 13.4. The Morgan fingerprint density at radius 1 is 1.16 bits per heavy atom. The lowest BCUT2D eigenvalue weighted by molar-refractivity contribution is -0.114. The van der Waals surface area contributed by atoms with Crippen molar-refractivity contribution < 1.29 is 22.5 Å². The molecule has 0 saturated heterocycles. The summed E-state index contributed by atoms with van der Waals surface area (Å²) >= 11 is 0. The normalized spacial score (nSPS) is 11.5. The Morgan fingerprint density at radius 3 is 2.40 bits per heavy atom. The van der Waals surface area contributed by atoms with Crippen molar-refractivity contribution in [3.63, 3.8) is 0 Å². The van der Waals surface area contributed by atoms with Gasteiger partial charge >= 0.3 is 0 Å². The first-order valence-corrected chi connectivity index (χ1v) is 8.39. The van der Waals surface area contributed by atoms with Crippen molar-refractivity contribution in [2.75, 3.05) is 18.2 Å². The van der Waals surface area contributed by atoms with Gasteiger partial charge in [0.1, 0.15) is 22.0 Å². The second kappa shape index (κ2) is 7.28. The number of hydrogen-bond acceptors (Lipinski definition) is 7. The molecule has 0 atom stereocenters. The van der Waals surface area contributed by atoms with Crippen LogP contribution in [-0.2, 0) is 14.9 Å². The van der Waals surface area contributed by atoms with Crippen molar-refractivity contribution in [1.29, 1.82) is 0 Å². The third kappa shape index (κ3) is 4.75. The predicted molar refractivity (Wildman–Crippen MR) is 92.1 cm³/mol. The molecule has 132 valence electrons. The molecule has 9 nitrogen and oxygen atoms in total. The summed E-state index contributed by atoms with van der Waals surface area (Å²) in [4.78, 5) is 10.6. The highest BCUT2D eigenvalue weighted by Gasteiger charge is 2.16. The number of nitrogens with two attached hydrogens (primary N) is 1. The van der Waals surface area contributed by atoms with Gasteiger partial charge in [0.2, 0.25) is 5.91 Å². The topological polar surface area (TPSA) is 143 Å². The van der Waals surface area contributed by atoms with Gasteiger partial charge in [-0.3, -0.25) is 9.35 Å². The number of nitrogen functional groups attached to an aromatic ring is 1. The van der Waals surface area contributed by atoms with Gasteiger partial charge in [-0.2, -0.15) is 8.42 Å². The lowest BCUT2D eigenvalue weighted by Gasteiger charge is -2.07.